The van der Waals surface area contributed by atoms with E-state index in [0.717, 1.165) is 17.8 Å². The molecule has 136 valence electrons. The lowest BCUT2D eigenvalue weighted by atomic mass is 10.1. The first-order chi connectivity index (χ1) is 12.3. The molecule has 1 atom stereocenters. The molecular weight excluding hydrogens is 343 g/mol. The summed E-state index contributed by atoms with van der Waals surface area (Å²) in [6.07, 6.45) is -3.13. The van der Waals surface area contributed by atoms with E-state index in [2.05, 4.69) is 10.3 Å². The number of aromatic nitrogens is 2. The minimum absolute atomic E-state index is 0.136. The largest absolute Gasteiger partial charge is 0.417 e. The molecule has 1 N–H and O–H groups in total. The van der Waals surface area contributed by atoms with Gasteiger partial charge in [0, 0.05) is 6.20 Å². The van der Waals surface area contributed by atoms with E-state index >= 15 is 0 Å². The predicted molar refractivity (Wildman–Crippen MR) is 91.9 cm³/mol. The number of nitrogens with zero attached hydrogens (tertiary/aromatic N) is 2. The Balaban J connectivity index is 2.00. The van der Waals surface area contributed by atoms with Crippen molar-refractivity contribution in [1.82, 2.24) is 14.7 Å². The van der Waals surface area contributed by atoms with Crippen LogP contribution < -0.4 is 5.32 Å². The van der Waals surface area contributed by atoms with Gasteiger partial charge in [0.25, 0.3) is 5.91 Å². The van der Waals surface area contributed by atoms with E-state index in [0.29, 0.717) is 17.8 Å². The molecule has 2 heterocycles. The van der Waals surface area contributed by atoms with Crippen LogP contribution in [0.15, 0.2) is 48.7 Å². The number of rotatable bonds is 4. The van der Waals surface area contributed by atoms with Gasteiger partial charge in [0.15, 0.2) is 0 Å². The van der Waals surface area contributed by atoms with E-state index in [9.17, 15) is 18.0 Å². The summed E-state index contributed by atoms with van der Waals surface area (Å²) in [5, 5.41) is 2.84. The van der Waals surface area contributed by atoms with Crippen LogP contribution in [0.4, 0.5) is 13.2 Å². The van der Waals surface area contributed by atoms with Gasteiger partial charge < -0.3 is 5.32 Å². The molecule has 26 heavy (non-hydrogen) atoms. The molecule has 0 aliphatic carbocycles. The Bertz CT molecular complexity index is 932. The van der Waals surface area contributed by atoms with Crippen LogP contribution in [-0.2, 0) is 12.6 Å². The average molecular weight is 361 g/mol. The van der Waals surface area contributed by atoms with Gasteiger partial charge in [0.2, 0.25) is 0 Å². The van der Waals surface area contributed by atoms with Crippen LogP contribution in [0.5, 0.6) is 0 Å². The predicted octanol–water partition coefficient (Wildman–Crippen LogP) is 4.41. The maximum absolute atomic E-state index is 13.0. The smallest absolute Gasteiger partial charge is 0.344 e. The fourth-order valence-electron chi connectivity index (χ4n) is 2.84. The number of benzene rings is 1. The fraction of sp³-hybridized carbons (Fsp3) is 0.263. The zero-order valence-electron chi connectivity index (χ0n) is 14.3. The van der Waals surface area contributed by atoms with Crippen LogP contribution in [0, 0.1) is 0 Å². The number of imidazole rings is 1. The maximum Gasteiger partial charge on any atom is 0.417 e. The van der Waals surface area contributed by atoms with Crippen LogP contribution in [0.25, 0.3) is 5.65 Å². The van der Waals surface area contributed by atoms with E-state index in [-0.39, 0.29) is 11.7 Å². The molecule has 7 heteroatoms. The first-order valence-corrected chi connectivity index (χ1v) is 8.25. The third-order valence-electron chi connectivity index (χ3n) is 4.22. The normalized spacial score (nSPS) is 13.0. The third kappa shape index (κ3) is 3.42. The number of amides is 1. The lowest BCUT2D eigenvalue weighted by Crippen LogP contribution is -2.28. The van der Waals surface area contributed by atoms with Crippen molar-refractivity contribution < 1.29 is 18.0 Å². The Hall–Kier alpha value is -2.83. The number of nitrogens with one attached hydrogen (secondary N) is 1. The number of aryl methyl sites for hydroxylation is 1. The second-order valence-electron chi connectivity index (χ2n) is 6.01. The second-order valence-corrected chi connectivity index (χ2v) is 6.01. The van der Waals surface area contributed by atoms with Gasteiger partial charge in [0.1, 0.15) is 11.3 Å². The minimum Gasteiger partial charge on any atom is -0.344 e. The number of carbonyl (C=O) groups excluding carboxylic acids is 1. The number of pyridine rings is 1. The highest BCUT2D eigenvalue weighted by molar-refractivity contribution is 5.95. The minimum atomic E-state index is -4.49. The third-order valence-corrected chi connectivity index (χ3v) is 4.22. The van der Waals surface area contributed by atoms with Crippen molar-refractivity contribution in [3.05, 3.63) is 71.2 Å². The molecule has 0 bridgehead atoms. The summed E-state index contributed by atoms with van der Waals surface area (Å²) in [6, 6.07) is 11.3. The van der Waals surface area contributed by atoms with Gasteiger partial charge in [-0.15, -0.1) is 0 Å². The van der Waals surface area contributed by atoms with Gasteiger partial charge in [-0.2, -0.15) is 13.2 Å². The zero-order chi connectivity index (χ0) is 18.9. The first kappa shape index (κ1) is 18.0. The van der Waals surface area contributed by atoms with Crippen LogP contribution in [0.3, 0.4) is 0 Å². The Labute approximate surface area is 148 Å². The average Bonchev–Trinajstić information content (AvgIpc) is 2.99. The summed E-state index contributed by atoms with van der Waals surface area (Å²) in [5.74, 6) is -0.454. The number of hydrogen-bond donors (Lipinski definition) is 1. The summed E-state index contributed by atoms with van der Waals surface area (Å²) < 4.78 is 40.3. The van der Waals surface area contributed by atoms with Gasteiger partial charge in [-0.05, 0) is 31.0 Å². The van der Waals surface area contributed by atoms with Gasteiger partial charge in [-0.25, -0.2) is 4.98 Å². The molecule has 1 aromatic carbocycles. The van der Waals surface area contributed by atoms with E-state index in [1.165, 1.54) is 10.5 Å². The Morgan fingerprint density at radius 1 is 1.19 bits per heavy atom. The number of hydrogen-bond acceptors (Lipinski definition) is 2. The van der Waals surface area contributed by atoms with Crippen LogP contribution >= 0.6 is 0 Å². The van der Waals surface area contributed by atoms with E-state index in [1.54, 1.807) is 0 Å². The van der Waals surface area contributed by atoms with Crippen LogP contribution in [0.1, 0.15) is 47.2 Å². The fourth-order valence-corrected chi connectivity index (χ4v) is 2.84. The quantitative estimate of drug-likeness (QED) is 0.748. The van der Waals surface area contributed by atoms with Gasteiger partial charge in [-0.1, -0.05) is 37.3 Å². The Morgan fingerprint density at radius 2 is 1.88 bits per heavy atom. The SMILES string of the molecule is CCc1nc2ccc(C(F)(F)F)cn2c1C(=O)NC(C)c1ccccc1. The van der Waals surface area contributed by atoms with E-state index < -0.39 is 17.6 Å². The first-order valence-electron chi connectivity index (χ1n) is 8.25. The number of carbonyl (C=O) groups is 1. The molecule has 1 unspecified atom stereocenters. The highest BCUT2D eigenvalue weighted by atomic mass is 19.4. The van der Waals surface area contributed by atoms with Gasteiger partial charge in [0.05, 0.1) is 17.3 Å². The molecule has 4 nitrogen and oxygen atoms in total. The maximum atomic E-state index is 13.0. The zero-order valence-corrected chi connectivity index (χ0v) is 14.3. The molecule has 0 aliphatic heterocycles. The highest BCUT2D eigenvalue weighted by Gasteiger charge is 2.32. The number of halogens is 3. The van der Waals surface area contributed by atoms with E-state index in [4.69, 9.17) is 0 Å². The standard InChI is InChI=1S/C19H18F3N3O/c1-3-15-17(18(26)23-12(2)13-7-5-4-6-8-13)25-11-14(19(20,21)22)9-10-16(25)24-15/h4-12H,3H2,1-2H3,(H,23,26). The summed E-state index contributed by atoms with van der Waals surface area (Å²) in [5.41, 5.74) is 0.991. The van der Waals surface area contributed by atoms with Crippen LogP contribution in [-0.4, -0.2) is 15.3 Å². The molecular formula is C19H18F3N3O. The molecule has 0 aliphatic rings. The Kier molecular flexibility index (Phi) is 4.71. The van der Waals surface area contributed by atoms with Gasteiger partial charge in [-0.3, -0.25) is 9.20 Å². The van der Waals surface area contributed by atoms with Crippen molar-refractivity contribution in [2.45, 2.75) is 32.5 Å². The molecule has 3 rings (SSSR count). The summed E-state index contributed by atoms with van der Waals surface area (Å²) in [6.45, 7) is 3.63. The van der Waals surface area contributed by atoms with Crippen molar-refractivity contribution >= 4 is 11.6 Å². The van der Waals surface area contributed by atoms with Crippen molar-refractivity contribution in [2.75, 3.05) is 0 Å². The molecule has 1 amide bonds. The molecule has 0 spiro atoms. The van der Waals surface area contributed by atoms with Crippen LogP contribution in [0.2, 0.25) is 0 Å². The molecule has 0 saturated heterocycles. The lowest BCUT2D eigenvalue weighted by Gasteiger charge is -2.15. The monoisotopic (exact) mass is 361 g/mol. The molecule has 0 fully saturated rings. The summed E-state index contributed by atoms with van der Waals surface area (Å²) in [4.78, 5) is 17.1. The second kappa shape index (κ2) is 6.82. The number of fused-ring (bicyclic) bond motifs is 1. The Morgan fingerprint density at radius 3 is 2.50 bits per heavy atom. The van der Waals surface area contributed by atoms with Crippen molar-refractivity contribution in [2.24, 2.45) is 0 Å². The topological polar surface area (TPSA) is 46.4 Å². The number of alkyl halides is 3. The molecule has 0 radical (unpaired) electrons. The van der Waals surface area contributed by atoms with Crippen molar-refractivity contribution in [1.29, 1.82) is 0 Å². The summed E-state index contributed by atoms with van der Waals surface area (Å²) in [7, 11) is 0. The lowest BCUT2D eigenvalue weighted by molar-refractivity contribution is -0.137. The van der Waals surface area contributed by atoms with Gasteiger partial charge >= 0.3 is 6.18 Å². The summed E-state index contributed by atoms with van der Waals surface area (Å²) >= 11 is 0. The van der Waals surface area contributed by atoms with Crippen molar-refractivity contribution in [3.63, 3.8) is 0 Å². The highest BCUT2D eigenvalue weighted by Crippen LogP contribution is 2.30. The molecule has 3 aromatic rings. The van der Waals surface area contributed by atoms with Crippen molar-refractivity contribution in [3.8, 4) is 0 Å². The molecule has 0 saturated carbocycles. The van der Waals surface area contributed by atoms with E-state index in [1.807, 2.05) is 44.2 Å². The molecule has 2 aromatic heterocycles.